The van der Waals surface area contributed by atoms with Gasteiger partial charge in [-0.15, -0.1) is 0 Å². The maximum absolute atomic E-state index is 15.3. The van der Waals surface area contributed by atoms with E-state index in [2.05, 4.69) is 51.8 Å². The van der Waals surface area contributed by atoms with Crippen molar-refractivity contribution in [2.24, 2.45) is 5.41 Å². The van der Waals surface area contributed by atoms with Crippen LogP contribution in [0.1, 0.15) is 102 Å². The minimum absolute atomic E-state index is 0.0592. The van der Waals surface area contributed by atoms with Crippen molar-refractivity contribution in [3.8, 4) is 0 Å². The third-order valence-electron chi connectivity index (χ3n) is 7.70. The molecule has 0 N–H and O–H groups in total. The van der Waals surface area contributed by atoms with E-state index in [1.807, 2.05) is 20.0 Å². The molecule has 0 radical (unpaired) electrons. The molecule has 1 aliphatic rings. The molecule has 0 bridgehead atoms. The Balaban J connectivity index is 2.15. The molecule has 1 aromatic carbocycles. The Hall–Kier alpha value is -1.83. The first-order chi connectivity index (χ1) is 15.1. The Bertz CT molecular complexity index is 839. The Morgan fingerprint density at radius 2 is 1.62 bits per heavy atom. The fraction of sp³-hybridized carbons (Fsp3) is 0.600. The summed E-state index contributed by atoms with van der Waals surface area (Å²) in [7, 11) is 2.02. The maximum Gasteiger partial charge on any atom is 0.131 e. The van der Waals surface area contributed by atoms with E-state index in [1.165, 1.54) is 56.9 Å². The lowest BCUT2D eigenvalue weighted by Gasteiger charge is -2.32. The van der Waals surface area contributed by atoms with Crippen LogP contribution in [0.15, 0.2) is 47.7 Å². The molecule has 1 aliphatic carbocycles. The average molecular weight is 440 g/mol. The molecule has 1 saturated carbocycles. The number of rotatable bonds is 12. The number of allylic oxidation sites excluding steroid dienone is 2. The minimum atomic E-state index is -0.0592. The first kappa shape index (κ1) is 26.4. The van der Waals surface area contributed by atoms with Gasteiger partial charge in [0.05, 0.1) is 0 Å². The standard InChI is InChI=1S/C30H46FN/c1-9-10-11-12-13-16-26-17-18-27(29(31)23(26)4)21-32(8)25(6)28(22(2)3)24(5)30(7)19-14-15-20-30/h17-18H,2,6,9-16,19-21H2,1,3-5,7-8H3/b28-24-. The zero-order valence-corrected chi connectivity index (χ0v) is 21.7. The van der Waals surface area contributed by atoms with Crippen LogP contribution in [0.2, 0.25) is 0 Å². The predicted octanol–water partition coefficient (Wildman–Crippen LogP) is 9.07. The Morgan fingerprint density at radius 3 is 2.22 bits per heavy atom. The van der Waals surface area contributed by atoms with Gasteiger partial charge in [0.2, 0.25) is 0 Å². The van der Waals surface area contributed by atoms with Crippen molar-refractivity contribution in [3.63, 3.8) is 0 Å². The van der Waals surface area contributed by atoms with Crippen LogP contribution < -0.4 is 0 Å². The molecule has 0 aliphatic heterocycles. The van der Waals surface area contributed by atoms with Gasteiger partial charge in [-0.1, -0.05) is 83.2 Å². The molecule has 0 unspecified atom stereocenters. The highest BCUT2D eigenvalue weighted by Gasteiger charge is 2.33. The molecule has 0 spiro atoms. The van der Waals surface area contributed by atoms with Gasteiger partial charge in [-0.25, -0.2) is 4.39 Å². The van der Waals surface area contributed by atoms with Crippen molar-refractivity contribution < 1.29 is 4.39 Å². The molecule has 1 fully saturated rings. The number of likely N-dealkylation sites (N-methyl/N-ethyl adjacent to an activating group) is 1. The molecule has 0 heterocycles. The molecule has 2 rings (SSSR count). The fourth-order valence-electron chi connectivity index (χ4n) is 5.25. The molecule has 0 saturated heterocycles. The molecule has 2 heteroatoms. The number of nitrogens with zero attached hydrogens (tertiary/aromatic N) is 1. The van der Waals surface area contributed by atoms with Crippen LogP contribution in [0.3, 0.4) is 0 Å². The van der Waals surface area contributed by atoms with E-state index in [9.17, 15) is 0 Å². The summed E-state index contributed by atoms with van der Waals surface area (Å²) in [5, 5.41) is 0. The summed E-state index contributed by atoms with van der Waals surface area (Å²) in [5.41, 5.74) is 7.46. The van der Waals surface area contributed by atoms with Gasteiger partial charge >= 0.3 is 0 Å². The van der Waals surface area contributed by atoms with Crippen molar-refractivity contribution in [2.45, 2.75) is 105 Å². The van der Waals surface area contributed by atoms with E-state index in [-0.39, 0.29) is 11.2 Å². The molecule has 0 atom stereocenters. The zero-order valence-electron chi connectivity index (χ0n) is 21.7. The quantitative estimate of drug-likeness (QED) is 0.232. The number of aryl methyl sites for hydroxylation is 1. The van der Waals surface area contributed by atoms with Crippen molar-refractivity contribution in [1.29, 1.82) is 0 Å². The summed E-state index contributed by atoms with van der Waals surface area (Å²) in [6.07, 6.45) is 12.2. The number of hydrogen-bond acceptors (Lipinski definition) is 1. The fourth-order valence-corrected chi connectivity index (χ4v) is 5.25. The summed E-state index contributed by atoms with van der Waals surface area (Å²) >= 11 is 0. The number of benzene rings is 1. The Morgan fingerprint density at radius 1 is 1.03 bits per heavy atom. The highest BCUT2D eigenvalue weighted by Crippen LogP contribution is 2.46. The summed E-state index contributed by atoms with van der Waals surface area (Å²) in [6, 6.07) is 4.10. The van der Waals surface area contributed by atoms with Crippen molar-refractivity contribution in [1.82, 2.24) is 4.90 Å². The SMILES string of the molecule is C=C(C)/C(C(=C)N(C)Cc1ccc(CCCCCCC)c(C)c1F)=C(\C)C1(C)CCCC1. The molecule has 0 aromatic heterocycles. The van der Waals surface area contributed by atoms with Gasteiger partial charge < -0.3 is 4.90 Å². The smallest absolute Gasteiger partial charge is 0.131 e. The van der Waals surface area contributed by atoms with E-state index >= 15 is 4.39 Å². The van der Waals surface area contributed by atoms with Crippen molar-refractivity contribution in [3.05, 3.63) is 70.2 Å². The normalized spacial score (nSPS) is 16.1. The van der Waals surface area contributed by atoms with E-state index in [1.54, 1.807) is 0 Å². The van der Waals surface area contributed by atoms with Crippen LogP contribution in [-0.4, -0.2) is 11.9 Å². The van der Waals surface area contributed by atoms with Crippen LogP contribution in [0.4, 0.5) is 4.39 Å². The first-order valence-corrected chi connectivity index (χ1v) is 12.7. The highest BCUT2D eigenvalue weighted by atomic mass is 19.1. The van der Waals surface area contributed by atoms with Gasteiger partial charge in [-0.2, -0.15) is 0 Å². The summed E-state index contributed by atoms with van der Waals surface area (Å²) < 4.78 is 15.3. The average Bonchev–Trinajstić information content (AvgIpc) is 3.20. The summed E-state index contributed by atoms with van der Waals surface area (Å²) in [4.78, 5) is 2.09. The molecule has 32 heavy (non-hydrogen) atoms. The monoisotopic (exact) mass is 439 g/mol. The van der Waals surface area contributed by atoms with Crippen LogP contribution in [0.5, 0.6) is 0 Å². The highest BCUT2D eigenvalue weighted by molar-refractivity contribution is 5.47. The van der Waals surface area contributed by atoms with Gasteiger partial charge in [0, 0.05) is 24.9 Å². The molecule has 178 valence electrons. The Kier molecular flexibility index (Phi) is 9.80. The second-order valence-electron chi connectivity index (χ2n) is 10.3. The van der Waals surface area contributed by atoms with E-state index < -0.39 is 0 Å². The third-order valence-corrected chi connectivity index (χ3v) is 7.70. The zero-order chi connectivity index (χ0) is 23.9. The molecular formula is C30H46FN. The lowest BCUT2D eigenvalue weighted by Crippen LogP contribution is -2.23. The lowest BCUT2D eigenvalue weighted by molar-refractivity contribution is 0.390. The van der Waals surface area contributed by atoms with Gasteiger partial charge in [0.25, 0.3) is 0 Å². The van der Waals surface area contributed by atoms with E-state index in [0.29, 0.717) is 6.54 Å². The van der Waals surface area contributed by atoms with Crippen molar-refractivity contribution in [2.75, 3.05) is 7.05 Å². The maximum atomic E-state index is 15.3. The second-order valence-corrected chi connectivity index (χ2v) is 10.3. The van der Waals surface area contributed by atoms with Gasteiger partial charge in [-0.3, -0.25) is 0 Å². The van der Waals surface area contributed by atoms with E-state index in [4.69, 9.17) is 0 Å². The first-order valence-electron chi connectivity index (χ1n) is 12.7. The summed E-state index contributed by atoms with van der Waals surface area (Å²) in [6.45, 7) is 20.0. The van der Waals surface area contributed by atoms with Crippen LogP contribution in [0.25, 0.3) is 0 Å². The van der Waals surface area contributed by atoms with Gasteiger partial charge in [0.1, 0.15) is 5.82 Å². The van der Waals surface area contributed by atoms with Crippen LogP contribution >= 0.6 is 0 Å². The number of hydrogen-bond donors (Lipinski definition) is 0. The topological polar surface area (TPSA) is 3.24 Å². The number of unbranched alkanes of at least 4 members (excludes halogenated alkanes) is 4. The van der Waals surface area contributed by atoms with Crippen LogP contribution in [0, 0.1) is 18.2 Å². The van der Waals surface area contributed by atoms with Crippen LogP contribution in [-0.2, 0) is 13.0 Å². The molecule has 0 amide bonds. The Labute approximate surface area is 197 Å². The summed E-state index contributed by atoms with van der Waals surface area (Å²) in [5.74, 6) is -0.0592. The number of halogens is 1. The molecular weight excluding hydrogens is 393 g/mol. The van der Waals surface area contributed by atoms with Gasteiger partial charge in [0.15, 0.2) is 0 Å². The van der Waals surface area contributed by atoms with Crippen molar-refractivity contribution >= 4 is 0 Å². The minimum Gasteiger partial charge on any atom is -0.370 e. The lowest BCUT2D eigenvalue weighted by atomic mass is 9.77. The second kappa shape index (κ2) is 11.9. The largest absolute Gasteiger partial charge is 0.370 e. The third kappa shape index (κ3) is 6.36. The predicted molar refractivity (Wildman–Crippen MR) is 138 cm³/mol. The van der Waals surface area contributed by atoms with Gasteiger partial charge in [-0.05, 0) is 74.1 Å². The molecule has 1 nitrogen and oxygen atoms in total. The van der Waals surface area contributed by atoms with E-state index in [0.717, 1.165) is 46.4 Å². The molecule has 1 aromatic rings.